The summed E-state index contributed by atoms with van der Waals surface area (Å²) in [6, 6.07) is 16.3. The predicted octanol–water partition coefficient (Wildman–Crippen LogP) is 4.83. The molecule has 28 heavy (non-hydrogen) atoms. The zero-order chi connectivity index (χ0) is 20.0. The standard InChI is InChI=1S/C26H24O2/c1-6-19-14-25-23(12-17(19)4)26(21-10-8-7-9-20(21)18(5)27)22-11-15(2)16(3)13-24(22)28-25/h7-14H,3,6H2,1-2,4-5H3. The summed E-state index contributed by atoms with van der Waals surface area (Å²) >= 11 is 0. The van der Waals surface area contributed by atoms with Crippen LogP contribution < -0.4 is 15.2 Å². The number of rotatable bonds is 3. The average Bonchev–Trinajstić information content (AvgIpc) is 2.67. The lowest BCUT2D eigenvalue weighted by Crippen LogP contribution is -2.22. The summed E-state index contributed by atoms with van der Waals surface area (Å²) in [7, 11) is 0. The Morgan fingerprint density at radius 1 is 0.964 bits per heavy atom. The average molecular weight is 368 g/mol. The Labute approximate surface area is 165 Å². The molecule has 4 rings (SSSR count). The van der Waals surface area contributed by atoms with Gasteiger partial charge < -0.3 is 4.74 Å². The molecule has 0 atom stereocenters. The van der Waals surface area contributed by atoms with Crippen molar-refractivity contribution in [1.82, 2.24) is 0 Å². The van der Waals surface area contributed by atoms with E-state index < -0.39 is 0 Å². The summed E-state index contributed by atoms with van der Waals surface area (Å²) in [6.45, 7) is 12.1. The fourth-order valence-electron chi connectivity index (χ4n) is 3.96. The summed E-state index contributed by atoms with van der Waals surface area (Å²) in [5.74, 6) is 1.69. The van der Waals surface area contributed by atoms with Gasteiger partial charge in [0.1, 0.15) is 11.5 Å². The first kappa shape index (κ1) is 18.2. The largest absolute Gasteiger partial charge is 0.456 e. The fraction of sp³-hybridized carbons (Fsp3) is 0.192. The quantitative estimate of drug-likeness (QED) is 0.484. The van der Waals surface area contributed by atoms with Crippen LogP contribution in [0.25, 0.3) is 12.2 Å². The molecule has 0 amide bonds. The third-order valence-electron chi connectivity index (χ3n) is 5.59. The van der Waals surface area contributed by atoms with Crippen molar-refractivity contribution in [3.05, 3.63) is 92.3 Å². The lowest BCUT2D eigenvalue weighted by molar-refractivity contribution is 0.101. The smallest absolute Gasteiger partial charge is 0.160 e. The number of hydrogen-bond donors (Lipinski definition) is 0. The third kappa shape index (κ3) is 2.86. The number of ether oxygens (including phenoxy) is 1. The van der Waals surface area contributed by atoms with E-state index in [9.17, 15) is 4.79 Å². The van der Waals surface area contributed by atoms with Crippen molar-refractivity contribution >= 4 is 17.9 Å². The van der Waals surface area contributed by atoms with Crippen LogP contribution in [0.2, 0.25) is 0 Å². The molecule has 0 saturated carbocycles. The van der Waals surface area contributed by atoms with Crippen molar-refractivity contribution in [2.75, 3.05) is 0 Å². The van der Waals surface area contributed by atoms with E-state index in [-0.39, 0.29) is 5.78 Å². The number of Topliss-reactive ketones (excluding diaryl/α,β-unsaturated/α-hetero) is 1. The maximum atomic E-state index is 12.4. The molecule has 2 nitrogen and oxygen atoms in total. The van der Waals surface area contributed by atoms with Gasteiger partial charge in [0, 0.05) is 21.9 Å². The number of benzene rings is 3. The Morgan fingerprint density at radius 3 is 2.43 bits per heavy atom. The molecule has 0 saturated heterocycles. The van der Waals surface area contributed by atoms with Crippen LogP contribution in [0.15, 0.2) is 48.5 Å². The second-order valence-corrected chi connectivity index (χ2v) is 7.48. The molecule has 0 fully saturated rings. The van der Waals surface area contributed by atoms with E-state index in [0.717, 1.165) is 56.2 Å². The van der Waals surface area contributed by atoms with Gasteiger partial charge in [-0.25, -0.2) is 0 Å². The highest BCUT2D eigenvalue weighted by Crippen LogP contribution is 2.38. The highest BCUT2D eigenvalue weighted by atomic mass is 16.5. The van der Waals surface area contributed by atoms with Gasteiger partial charge in [-0.1, -0.05) is 37.8 Å². The first-order valence-corrected chi connectivity index (χ1v) is 9.66. The molecule has 1 aliphatic rings. The molecular weight excluding hydrogens is 344 g/mol. The summed E-state index contributed by atoms with van der Waals surface area (Å²) in [4.78, 5) is 12.4. The molecule has 3 aromatic rings. The highest BCUT2D eigenvalue weighted by molar-refractivity contribution is 6.01. The van der Waals surface area contributed by atoms with E-state index >= 15 is 0 Å². The minimum absolute atomic E-state index is 0.0603. The fourth-order valence-corrected chi connectivity index (χ4v) is 3.96. The first-order chi connectivity index (χ1) is 13.4. The van der Waals surface area contributed by atoms with Gasteiger partial charge in [-0.2, -0.15) is 0 Å². The summed E-state index contributed by atoms with van der Waals surface area (Å²) in [5, 5.41) is 1.96. The summed E-state index contributed by atoms with van der Waals surface area (Å²) < 4.78 is 6.32. The molecular formula is C26H24O2. The number of aryl methyl sites for hydroxylation is 3. The molecule has 2 heteroatoms. The molecule has 0 unspecified atom stereocenters. The molecule has 0 radical (unpaired) electrons. The van der Waals surface area contributed by atoms with E-state index in [4.69, 9.17) is 4.74 Å². The zero-order valence-corrected chi connectivity index (χ0v) is 16.8. The SMILES string of the molecule is C=c1cc2c(cc1C)=C(c1ccccc1C(C)=O)c1cc(C)c(CC)cc1O2. The maximum Gasteiger partial charge on any atom is 0.160 e. The molecule has 0 N–H and O–H groups in total. The van der Waals surface area contributed by atoms with Crippen LogP contribution >= 0.6 is 0 Å². The second kappa shape index (κ2) is 6.79. The van der Waals surface area contributed by atoms with E-state index in [1.54, 1.807) is 6.92 Å². The van der Waals surface area contributed by atoms with E-state index in [2.05, 4.69) is 45.5 Å². The van der Waals surface area contributed by atoms with Gasteiger partial charge in [0.2, 0.25) is 0 Å². The van der Waals surface area contributed by atoms with Gasteiger partial charge in [0.15, 0.2) is 5.78 Å². The number of carbonyl (C=O) groups is 1. The third-order valence-corrected chi connectivity index (χ3v) is 5.59. The minimum Gasteiger partial charge on any atom is -0.456 e. The number of fused-ring (bicyclic) bond motifs is 2. The molecule has 0 aromatic heterocycles. The Kier molecular flexibility index (Phi) is 4.43. The minimum atomic E-state index is 0.0603. The zero-order valence-electron chi connectivity index (χ0n) is 16.8. The van der Waals surface area contributed by atoms with Crippen LogP contribution in [0.1, 0.15) is 52.0 Å². The molecule has 0 bridgehead atoms. The van der Waals surface area contributed by atoms with Crippen LogP contribution in [0.3, 0.4) is 0 Å². The van der Waals surface area contributed by atoms with Crippen molar-refractivity contribution in [1.29, 1.82) is 0 Å². The Balaban J connectivity index is 2.18. The molecule has 1 heterocycles. The van der Waals surface area contributed by atoms with Gasteiger partial charge in [0.05, 0.1) is 0 Å². The number of hydrogen-bond acceptors (Lipinski definition) is 2. The van der Waals surface area contributed by atoms with Gasteiger partial charge in [-0.15, -0.1) is 0 Å². The van der Waals surface area contributed by atoms with Crippen molar-refractivity contribution < 1.29 is 9.53 Å². The molecule has 1 aliphatic heterocycles. The van der Waals surface area contributed by atoms with E-state index in [1.165, 1.54) is 11.1 Å². The van der Waals surface area contributed by atoms with Gasteiger partial charge >= 0.3 is 0 Å². The molecule has 0 spiro atoms. The molecule has 140 valence electrons. The lowest BCUT2D eigenvalue weighted by atomic mass is 9.86. The van der Waals surface area contributed by atoms with Crippen molar-refractivity contribution in [3.8, 4) is 11.5 Å². The van der Waals surface area contributed by atoms with Crippen LogP contribution in [0.4, 0.5) is 0 Å². The van der Waals surface area contributed by atoms with Crippen molar-refractivity contribution in [2.45, 2.75) is 34.1 Å². The summed E-state index contributed by atoms with van der Waals surface area (Å²) in [5.41, 5.74) is 7.36. The van der Waals surface area contributed by atoms with Gasteiger partial charge in [-0.3, -0.25) is 4.79 Å². The van der Waals surface area contributed by atoms with E-state index in [1.807, 2.05) is 30.3 Å². The van der Waals surface area contributed by atoms with Crippen molar-refractivity contribution in [3.63, 3.8) is 0 Å². The Hall–Kier alpha value is -3.13. The summed E-state index contributed by atoms with van der Waals surface area (Å²) in [6.07, 6.45) is 0.948. The monoisotopic (exact) mass is 368 g/mol. The van der Waals surface area contributed by atoms with Gasteiger partial charge in [0.25, 0.3) is 0 Å². The maximum absolute atomic E-state index is 12.4. The first-order valence-electron chi connectivity index (χ1n) is 9.66. The lowest BCUT2D eigenvalue weighted by Gasteiger charge is -2.24. The molecule has 0 aliphatic carbocycles. The van der Waals surface area contributed by atoms with Crippen LogP contribution in [-0.4, -0.2) is 5.78 Å². The van der Waals surface area contributed by atoms with Crippen LogP contribution in [0.5, 0.6) is 11.5 Å². The normalized spacial score (nSPS) is 12.2. The van der Waals surface area contributed by atoms with Crippen LogP contribution in [-0.2, 0) is 6.42 Å². The number of ketones is 1. The van der Waals surface area contributed by atoms with Crippen LogP contribution in [0, 0.1) is 13.8 Å². The molecule has 3 aromatic carbocycles. The topological polar surface area (TPSA) is 26.3 Å². The Bertz CT molecular complexity index is 1230. The Morgan fingerprint density at radius 2 is 1.71 bits per heavy atom. The van der Waals surface area contributed by atoms with Crippen molar-refractivity contribution in [2.24, 2.45) is 0 Å². The highest BCUT2D eigenvalue weighted by Gasteiger charge is 2.24. The van der Waals surface area contributed by atoms with Gasteiger partial charge in [-0.05, 0) is 78.9 Å². The number of carbonyl (C=O) groups excluding carboxylic acids is 1. The van der Waals surface area contributed by atoms with E-state index in [0.29, 0.717) is 0 Å². The predicted molar refractivity (Wildman–Crippen MR) is 115 cm³/mol. The second-order valence-electron chi connectivity index (χ2n) is 7.48.